The summed E-state index contributed by atoms with van der Waals surface area (Å²) in [5, 5.41) is 10.5. The van der Waals surface area contributed by atoms with Crippen LogP contribution in [-0.2, 0) is 22.3 Å². The van der Waals surface area contributed by atoms with E-state index in [0.29, 0.717) is 0 Å². The van der Waals surface area contributed by atoms with Crippen molar-refractivity contribution in [2.45, 2.75) is 11.3 Å². The number of carbonyl (C=O) groups is 1. The zero-order chi connectivity index (χ0) is 13.0. The van der Waals surface area contributed by atoms with Crippen LogP contribution in [0.3, 0.4) is 0 Å². The van der Waals surface area contributed by atoms with Crippen molar-refractivity contribution in [3.05, 3.63) is 17.7 Å². The van der Waals surface area contributed by atoms with Gasteiger partial charge < -0.3 is 23.9 Å². The Bertz CT molecular complexity index is 466. The van der Waals surface area contributed by atoms with Crippen molar-refractivity contribution in [1.29, 1.82) is 0 Å². The number of hydrogen-bond acceptors (Lipinski definition) is 6. The molecule has 0 saturated heterocycles. The van der Waals surface area contributed by atoms with Crippen LogP contribution in [-0.4, -0.2) is 29.0 Å². The molecule has 0 saturated carbocycles. The fourth-order valence-corrected chi connectivity index (χ4v) is 1.96. The SMILES string of the molecule is COc1cc(CC(=O)[O-])cc(S(=O)[O-])c1OC.[Na+].[Na+]. The summed E-state index contributed by atoms with van der Waals surface area (Å²) in [6.07, 6.45) is -0.398. The van der Waals surface area contributed by atoms with Crippen LogP contribution in [0.15, 0.2) is 17.0 Å². The standard InChI is InChI=1S/C10H12O6S.2Na/c1-15-7-3-6(5-9(11)12)4-8(17(13)14)10(7)16-2;;/h3-4H,5H2,1-2H3,(H,11,12)(H,13,14);;/q;2*+1/p-2. The van der Waals surface area contributed by atoms with E-state index >= 15 is 0 Å². The van der Waals surface area contributed by atoms with Crippen LogP contribution in [0, 0.1) is 0 Å². The largest absolute Gasteiger partial charge is 1.00 e. The van der Waals surface area contributed by atoms with Crippen LogP contribution in [0.5, 0.6) is 11.5 Å². The molecule has 0 aliphatic heterocycles. The van der Waals surface area contributed by atoms with E-state index in [1.807, 2.05) is 0 Å². The second kappa shape index (κ2) is 10.2. The number of ether oxygens (including phenoxy) is 2. The van der Waals surface area contributed by atoms with E-state index in [9.17, 15) is 18.7 Å². The van der Waals surface area contributed by atoms with Gasteiger partial charge in [-0.2, -0.15) is 0 Å². The van der Waals surface area contributed by atoms with Gasteiger partial charge in [0.25, 0.3) is 0 Å². The zero-order valence-corrected chi connectivity index (χ0v) is 16.0. The molecule has 94 valence electrons. The quantitative estimate of drug-likeness (QED) is 0.396. The molecule has 0 amide bonds. The number of carboxylic acids is 1. The molecule has 0 heterocycles. The molecule has 9 heteroatoms. The molecule has 0 bridgehead atoms. The van der Waals surface area contributed by atoms with Gasteiger partial charge in [-0.25, -0.2) is 0 Å². The maximum Gasteiger partial charge on any atom is 1.00 e. The number of hydrogen-bond donors (Lipinski definition) is 0. The number of methoxy groups -OCH3 is 2. The molecule has 1 unspecified atom stereocenters. The second-order valence-corrected chi connectivity index (χ2v) is 4.02. The van der Waals surface area contributed by atoms with E-state index in [0.717, 1.165) is 0 Å². The third-order valence-corrected chi connectivity index (χ3v) is 2.69. The van der Waals surface area contributed by atoms with Crippen LogP contribution >= 0.6 is 0 Å². The van der Waals surface area contributed by atoms with Crippen LogP contribution < -0.4 is 73.7 Å². The Morgan fingerprint density at radius 2 is 1.84 bits per heavy atom. The fraction of sp³-hybridized carbons (Fsp3) is 0.300. The minimum Gasteiger partial charge on any atom is -0.768 e. The minimum atomic E-state index is -2.55. The zero-order valence-electron chi connectivity index (χ0n) is 11.2. The Labute approximate surface area is 157 Å². The predicted octanol–water partition coefficient (Wildman–Crippen LogP) is -6.76. The van der Waals surface area contributed by atoms with Crippen molar-refractivity contribution in [3.8, 4) is 11.5 Å². The molecule has 0 aromatic heterocycles. The fourth-order valence-electron chi connectivity index (χ4n) is 1.38. The molecule has 0 aliphatic rings. The number of rotatable bonds is 5. The molecule has 1 rings (SSSR count). The van der Waals surface area contributed by atoms with Gasteiger partial charge in [0.05, 0.1) is 19.1 Å². The van der Waals surface area contributed by atoms with Crippen molar-refractivity contribution < 1.29 is 87.3 Å². The smallest absolute Gasteiger partial charge is 0.768 e. The van der Waals surface area contributed by atoms with E-state index < -0.39 is 23.5 Å². The molecule has 1 atom stereocenters. The third kappa shape index (κ3) is 6.14. The maximum atomic E-state index is 11.0. The number of benzene rings is 1. The van der Waals surface area contributed by atoms with Gasteiger partial charge >= 0.3 is 59.1 Å². The third-order valence-electron chi connectivity index (χ3n) is 2.03. The molecule has 0 N–H and O–H groups in total. The molecular formula is C10H10Na2O6S. The summed E-state index contributed by atoms with van der Waals surface area (Å²) < 4.78 is 31.8. The molecular weight excluding hydrogens is 294 g/mol. The van der Waals surface area contributed by atoms with Gasteiger partial charge in [0.1, 0.15) is 0 Å². The number of carbonyl (C=O) groups excluding carboxylic acids is 1. The molecule has 0 radical (unpaired) electrons. The molecule has 0 spiro atoms. The van der Waals surface area contributed by atoms with Gasteiger partial charge in [-0.3, -0.25) is 4.21 Å². The topological polar surface area (TPSA) is 98.7 Å². The number of carboxylic acid groups (broad SMARTS) is 1. The van der Waals surface area contributed by atoms with Gasteiger partial charge in [-0.15, -0.1) is 0 Å². The summed E-state index contributed by atoms with van der Waals surface area (Å²) in [7, 11) is 2.63. The van der Waals surface area contributed by atoms with E-state index in [2.05, 4.69) is 0 Å². The summed E-state index contributed by atoms with van der Waals surface area (Å²) in [5.41, 5.74) is 0.266. The average Bonchev–Trinajstić information content (AvgIpc) is 2.26. The summed E-state index contributed by atoms with van der Waals surface area (Å²) in [6.45, 7) is 0. The summed E-state index contributed by atoms with van der Waals surface area (Å²) in [4.78, 5) is 10.3. The number of aliphatic carboxylic acids is 1. The normalized spacial score (nSPS) is 10.7. The van der Waals surface area contributed by atoms with E-state index in [-0.39, 0.29) is 81.1 Å². The van der Waals surface area contributed by atoms with Crippen molar-refractivity contribution in [2.24, 2.45) is 0 Å². The van der Waals surface area contributed by atoms with Crippen molar-refractivity contribution in [3.63, 3.8) is 0 Å². The van der Waals surface area contributed by atoms with Gasteiger partial charge in [-0.05, 0) is 28.8 Å². The predicted molar refractivity (Wildman–Crippen MR) is 55.4 cm³/mol. The van der Waals surface area contributed by atoms with Gasteiger partial charge in [-0.1, -0.05) is 0 Å². The van der Waals surface area contributed by atoms with E-state index in [1.165, 1.54) is 26.4 Å². The molecule has 1 aromatic carbocycles. The Morgan fingerprint density at radius 3 is 2.21 bits per heavy atom. The molecule has 19 heavy (non-hydrogen) atoms. The van der Waals surface area contributed by atoms with Crippen LogP contribution in [0.2, 0.25) is 0 Å². The van der Waals surface area contributed by atoms with Gasteiger partial charge in [0.15, 0.2) is 11.5 Å². The minimum absolute atomic E-state index is 0. The van der Waals surface area contributed by atoms with Crippen molar-refractivity contribution >= 4 is 17.0 Å². The Balaban J connectivity index is 0. The monoisotopic (exact) mass is 304 g/mol. The molecule has 0 aliphatic carbocycles. The average molecular weight is 304 g/mol. The van der Waals surface area contributed by atoms with Crippen LogP contribution in [0.4, 0.5) is 0 Å². The molecule has 0 fully saturated rings. The molecule has 6 nitrogen and oxygen atoms in total. The van der Waals surface area contributed by atoms with Crippen molar-refractivity contribution in [1.82, 2.24) is 0 Å². The first kappa shape index (κ1) is 21.7. The first-order chi connectivity index (χ1) is 7.99. The Morgan fingerprint density at radius 1 is 1.26 bits per heavy atom. The van der Waals surface area contributed by atoms with E-state index in [1.54, 1.807) is 0 Å². The maximum absolute atomic E-state index is 11.0. The van der Waals surface area contributed by atoms with Crippen molar-refractivity contribution in [2.75, 3.05) is 14.2 Å². The van der Waals surface area contributed by atoms with Crippen LogP contribution in [0.25, 0.3) is 0 Å². The van der Waals surface area contributed by atoms with E-state index in [4.69, 9.17) is 9.47 Å². The molecule has 1 aromatic rings. The Kier molecular flexibility index (Phi) is 11.6. The second-order valence-electron chi connectivity index (χ2n) is 3.11. The van der Waals surface area contributed by atoms with Gasteiger partial charge in [0, 0.05) is 12.4 Å². The first-order valence-electron chi connectivity index (χ1n) is 4.53. The van der Waals surface area contributed by atoms with Crippen LogP contribution in [0.1, 0.15) is 5.56 Å². The Hall–Kier alpha value is 0.400. The van der Waals surface area contributed by atoms with Gasteiger partial charge in [0.2, 0.25) is 0 Å². The summed E-state index contributed by atoms with van der Waals surface area (Å²) in [5.74, 6) is -1.10. The first-order valence-corrected chi connectivity index (χ1v) is 5.61. The summed E-state index contributed by atoms with van der Waals surface area (Å²) >= 11 is -2.55. The summed E-state index contributed by atoms with van der Waals surface area (Å²) in [6, 6.07) is 2.60.